The van der Waals surface area contributed by atoms with Crippen LogP contribution in [-0.2, 0) is 16.2 Å². The highest BCUT2D eigenvalue weighted by atomic mass is 32.2. The van der Waals surface area contributed by atoms with Crippen molar-refractivity contribution in [2.24, 2.45) is 5.14 Å². The van der Waals surface area contributed by atoms with Crippen molar-refractivity contribution < 1.29 is 26.3 Å². The Labute approximate surface area is 160 Å². The molecule has 3 rings (SSSR count). The fourth-order valence-electron chi connectivity index (χ4n) is 2.83. The molecule has 0 heterocycles. The third-order valence-corrected chi connectivity index (χ3v) is 5.15. The van der Waals surface area contributed by atoms with Crippen LogP contribution in [0, 0.1) is 0 Å². The quantitative estimate of drug-likeness (QED) is 0.682. The topological polar surface area (TPSA) is 69.4 Å². The Bertz CT molecular complexity index is 1110. The second-order valence-electron chi connectivity index (χ2n) is 6.06. The summed E-state index contributed by atoms with van der Waals surface area (Å²) < 4.78 is 67.8. The van der Waals surface area contributed by atoms with Crippen LogP contribution in [0.4, 0.5) is 13.2 Å². The van der Waals surface area contributed by atoms with E-state index in [-0.39, 0.29) is 4.90 Å². The molecular weight excluding hydrogens is 391 g/mol. The zero-order chi connectivity index (χ0) is 20.5. The molecule has 2 N–H and O–H groups in total. The van der Waals surface area contributed by atoms with E-state index in [1.54, 1.807) is 24.3 Å². The average Bonchev–Trinajstić information content (AvgIpc) is 2.66. The van der Waals surface area contributed by atoms with Crippen molar-refractivity contribution in [2.75, 3.05) is 7.11 Å². The number of sulfonamides is 1. The summed E-state index contributed by atoms with van der Waals surface area (Å²) in [7, 11) is -2.39. The van der Waals surface area contributed by atoms with Crippen molar-refractivity contribution in [3.8, 4) is 28.0 Å². The minimum Gasteiger partial charge on any atom is -0.497 e. The van der Waals surface area contributed by atoms with Crippen molar-refractivity contribution in [1.82, 2.24) is 0 Å². The van der Waals surface area contributed by atoms with Crippen LogP contribution in [0.1, 0.15) is 5.56 Å². The minimum absolute atomic E-state index is 0.0777. The second kappa shape index (κ2) is 7.29. The maximum Gasteiger partial charge on any atom is 0.416 e. The SMILES string of the molecule is COc1cccc(-c2cc(C(F)(F)F)ccc2-c2ccc(S(N)(=O)=O)cc2)c1. The van der Waals surface area contributed by atoms with E-state index in [0.717, 1.165) is 12.1 Å². The number of ether oxygens (including phenoxy) is 1. The molecule has 3 aromatic carbocycles. The molecule has 0 radical (unpaired) electrons. The van der Waals surface area contributed by atoms with Crippen LogP contribution in [0.15, 0.2) is 71.6 Å². The van der Waals surface area contributed by atoms with Crippen LogP contribution in [0.25, 0.3) is 22.3 Å². The van der Waals surface area contributed by atoms with Gasteiger partial charge in [-0.05, 0) is 58.7 Å². The van der Waals surface area contributed by atoms with Gasteiger partial charge in [-0.3, -0.25) is 0 Å². The Morgan fingerprint density at radius 1 is 0.857 bits per heavy atom. The summed E-state index contributed by atoms with van der Waals surface area (Å²) in [5, 5.41) is 5.10. The van der Waals surface area contributed by atoms with Gasteiger partial charge in [-0.1, -0.05) is 30.3 Å². The lowest BCUT2D eigenvalue weighted by molar-refractivity contribution is -0.137. The third kappa shape index (κ3) is 4.18. The molecule has 0 saturated heterocycles. The van der Waals surface area contributed by atoms with E-state index in [4.69, 9.17) is 9.88 Å². The number of rotatable bonds is 4. The highest BCUT2D eigenvalue weighted by Gasteiger charge is 2.31. The Morgan fingerprint density at radius 3 is 2.11 bits per heavy atom. The Hall–Kier alpha value is -2.84. The predicted octanol–water partition coefficient (Wildman–Crippen LogP) is 4.70. The molecule has 0 fully saturated rings. The highest BCUT2D eigenvalue weighted by Crippen LogP contribution is 2.39. The maximum atomic E-state index is 13.2. The van der Waals surface area contributed by atoms with Gasteiger partial charge in [0, 0.05) is 0 Å². The Balaban J connectivity index is 2.20. The lowest BCUT2D eigenvalue weighted by Crippen LogP contribution is -2.11. The number of benzene rings is 3. The number of halogens is 3. The summed E-state index contributed by atoms with van der Waals surface area (Å²) in [4.78, 5) is -0.0777. The molecule has 8 heteroatoms. The normalized spacial score (nSPS) is 12.0. The summed E-state index contributed by atoms with van der Waals surface area (Å²) in [6.45, 7) is 0. The molecular formula is C20H16F3NO3S. The van der Waals surface area contributed by atoms with Gasteiger partial charge in [0.1, 0.15) is 5.75 Å². The Morgan fingerprint density at radius 2 is 1.54 bits per heavy atom. The van der Waals surface area contributed by atoms with Gasteiger partial charge in [0.2, 0.25) is 10.0 Å². The predicted molar refractivity (Wildman–Crippen MR) is 100 cm³/mol. The first kappa shape index (κ1) is 19.9. The molecule has 0 saturated carbocycles. The van der Waals surface area contributed by atoms with Gasteiger partial charge in [-0.2, -0.15) is 13.2 Å². The monoisotopic (exact) mass is 407 g/mol. The number of primary sulfonamides is 1. The van der Waals surface area contributed by atoms with Crippen LogP contribution >= 0.6 is 0 Å². The number of hydrogen-bond acceptors (Lipinski definition) is 3. The molecule has 0 aliphatic carbocycles. The lowest BCUT2D eigenvalue weighted by Gasteiger charge is -2.15. The van der Waals surface area contributed by atoms with Crippen LogP contribution in [-0.4, -0.2) is 15.5 Å². The molecule has 28 heavy (non-hydrogen) atoms. The smallest absolute Gasteiger partial charge is 0.416 e. The highest BCUT2D eigenvalue weighted by molar-refractivity contribution is 7.89. The summed E-state index contributed by atoms with van der Waals surface area (Å²) >= 11 is 0. The molecule has 0 unspecified atom stereocenters. The fourth-order valence-corrected chi connectivity index (χ4v) is 3.34. The van der Waals surface area contributed by atoms with Crippen LogP contribution in [0.5, 0.6) is 5.75 Å². The van der Waals surface area contributed by atoms with Gasteiger partial charge >= 0.3 is 6.18 Å². The van der Waals surface area contributed by atoms with Crippen LogP contribution in [0.2, 0.25) is 0 Å². The van der Waals surface area contributed by atoms with E-state index in [9.17, 15) is 21.6 Å². The van der Waals surface area contributed by atoms with E-state index in [1.807, 2.05) is 0 Å². The van der Waals surface area contributed by atoms with E-state index in [1.165, 1.54) is 37.4 Å². The van der Waals surface area contributed by atoms with Crippen LogP contribution < -0.4 is 9.88 Å². The summed E-state index contributed by atoms with van der Waals surface area (Å²) in [6.07, 6.45) is -4.50. The maximum absolute atomic E-state index is 13.2. The lowest BCUT2D eigenvalue weighted by atomic mass is 9.92. The van der Waals surface area contributed by atoms with Gasteiger partial charge in [-0.25, -0.2) is 13.6 Å². The van der Waals surface area contributed by atoms with Crippen molar-refractivity contribution in [2.45, 2.75) is 11.1 Å². The number of nitrogens with two attached hydrogens (primary N) is 1. The fraction of sp³-hybridized carbons (Fsp3) is 0.100. The van der Waals surface area contributed by atoms with Crippen molar-refractivity contribution in [3.05, 3.63) is 72.3 Å². The molecule has 0 aliphatic rings. The first-order chi connectivity index (χ1) is 13.1. The molecule has 0 spiro atoms. The van der Waals surface area contributed by atoms with Gasteiger partial charge in [0.15, 0.2) is 0 Å². The number of hydrogen-bond donors (Lipinski definition) is 1. The molecule has 0 aliphatic heterocycles. The van der Waals surface area contributed by atoms with E-state index in [2.05, 4.69) is 0 Å². The summed E-state index contributed by atoms with van der Waals surface area (Å²) in [5.41, 5.74) is 1.17. The third-order valence-electron chi connectivity index (χ3n) is 4.22. The number of alkyl halides is 3. The first-order valence-electron chi connectivity index (χ1n) is 8.08. The molecule has 146 valence electrons. The van der Waals surface area contributed by atoms with E-state index >= 15 is 0 Å². The molecule has 0 bridgehead atoms. The zero-order valence-electron chi connectivity index (χ0n) is 14.7. The summed E-state index contributed by atoms with van der Waals surface area (Å²) in [5.74, 6) is 0.505. The molecule has 0 amide bonds. The zero-order valence-corrected chi connectivity index (χ0v) is 15.5. The van der Waals surface area contributed by atoms with Gasteiger partial charge in [0.25, 0.3) is 0 Å². The van der Waals surface area contributed by atoms with Crippen molar-refractivity contribution in [3.63, 3.8) is 0 Å². The second-order valence-corrected chi connectivity index (χ2v) is 7.62. The minimum atomic E-state index is -4.50. The molecule has 4 nitrogen and oxygen atoms in total. The summed E-state index contributed by atoms with van der Waals surface area (Å²) in [6, 6.07) is 15.8. The van der Waals surface area contributed by atoms with Crippen molar-refractivity contribution >= 4 is 10.0 Å². The van der Waals surface area contributed by atoms with Crippen molar-refractivity contribution in [1.29, 1.82) is 0 Å². The van der Waals surface area contributed by atoms with Gasteiger partial charge in [-0.15, -0.1) is 0 Å². The molecule has 0 aromatic heterocycles. The van der Waals surface area contributed by atoms with E-state index < -0.39 is 21.8 Å². The first-order valence-corrected chi connectivity index (χ1v) is 9.63. The molecule has 0 atom stereocenters. The van der Waals surface area contributed by atoms with E-state index in [0.29, 0.717) is 28.0 Å². The van der Waals surface area contributed by atoms with Gasteiger partial charge in [0.05, 0.1) is 17.6 Å². The average molecular weight is 407 g/mol. The van der Waals surface area contributed by atoms with Crippen LogP contribution in [0.3, 0.4) is 0 Å². The van der Waals surface area contributed by atoms with Gasteiger partial charge < -0.3 is 4.74 Å². The number of methoxy groups -OCH3 is 1. The largest absolute Gasteiger partial charge is 0.497 e. The molecule has 3 aromatic rings. The Kier molecular flexibility index (Phi) is 5.18. The standard InChI is InChI=1S/C20H16F3NO3S/c1-27-16-4-2-3-14(11-16)19-12-15(20(21,22)23)7-10-18(19)13-5-8-17(9-6-13)28(24,25)26/h2-12H,1H3,(H2,24,25,26).